The Balaban J connectivity index is 0.000000150. The molecule has 8 rings (SSSR count). The fourth-order valence-electron chi connectivity index (χ4n) is 6.63. The van der Waals surface area contributed by atoms with Gasteiger partial charge >= 0.3 is 0 Å². The predicted octanol–water partition coefficient (Wildman–Crippen LogP) is 6.45. The van der Waals surface area contributed by atoms with Crippen molar-refractivity contribution in [1.82, 2.24) is 29.7 Å². The number of hydrogen-bond acceptors (Lipinski definition) is 5. The van der Waals surface area contributed by atoms with E-state index in [0.29, 0.717) is 54.2 Å². The van der Waals surface area contributed by atoms with Crippen LogP contribution in [0, 0.1) is 25.5 Å². The number of nitrogens with one attached hydrogen (secondary N) is 2. The van der Waals surface area contributed by atoms with Crippen LogP contribution in [0.3, 0.4) is 0 Å². The molecule has 6 heterocycles. The minimum atomic E-state index is -0.339. The van der Waals surface area contributed by atoms with Crippen molar-refractivity contribution in [3.8, 4) is 28.1 Å². The van der Waals surface area contributed by atoms with Gasteiger partial charge in [-0.05, 0) is 67.4 Å². The van der Waals surface area contributed by atoms with Gasteiger partial charge in [0.25, 0.3) is 11.8 Å². The monoisotopic (exact) mass is 654 g/mol. The first-order valence-corrected chi connectivity index (χ1v) is 15.4. The third kappa shape index (κ3) is 5.16. The first-order chi connectivity index (χ1) is 22.7. The van der Waals surface area contributed by atoms with E-state index < -0.39 is 0 Å². The van der Waals surface area contributed by atoms with Crippen molar-refractivity contribution in [3.63, 3.8) is 0 Å². The third-order valence-corrected chi connectivity index (χ3v) is 8.94. The van der Waals surface area contributed by atoms with Crippen molar-refractivity contribution in [2.24, 2.45) is 0 Å². The maximum absolute atomic E-state index is 14.2. The highest BCUT2D eigenvalue weighted by Crippen LogP contribution is 2.37. The van der Waals surface area contributed by atoms with E-state index in [1.54, 1.807) is 31.6 Å². The summed E-state index contributed by atoms with van der Waals surface area (Å²) in [6.07, 6.45) is 3.28. The van der Waals surface area contributed by atoms with Gasteiger partial charge in [0.05, 0.1) is 18.1 Å². The van der Waals surface area contributed by atoms with Crippen molar-refractivity contribution in [2.45, 2.75) is 26.9 Å². The summed E-state index contributed by atoms with van der Waals surface area (Å²) in [5.74, 6) is -0.410. The Kier molecular flexibility index (Phi) is 7.63. The van der Waals surface area contributed by atoms with E-state index in [1.807, 2.05) is 35.1 Å². The molecule has 2 aliphatic heterocycles. The Labute approximate surface area is 273 Å². The van der Waals surface area contributed by atoms with Crippen molar-refractivity contribution in [2.75, 3.05) is 20.2 Å². The summed E-state index contributed by atoms with van der Waals surface area (Å²) in [5, 5.41) is 7.58. The van der Waals surface area contributed by atoms with Gasteiger partial charge in [-0.25, -0.2) is 18.7 Å². The molecular weight excluding hydrogens is 626 g/mol. The zero-order valence-corrected chi connectivity index (χ0v) is 26.5. The number of carbonyl (C=O) groups excluding carboxylic acids is 2. The number of aryl methyl sites for hydroxylation is 2. The number of benzene rings is 2. The van der Waals surface area contributed by atoms with Gasteiger partial charge in [0, 0.05) is 77.7 Å². The molecular formula is C35H29ClF2N6O3. The Bertz CT molecular complexity index is 2230. The normalized spacial score (nSPS) is 13.8. The number of fused-ring (bicyclic) bond motifs is 6. The maximum atomic E-state index is 14.2. The number of methoxy groups -OCH3 is 1. The lowest BCUT2D eigenvalue weighted by atomic mass is 10.0. The predicted molar refractivity (Wildman–Crippen MR) is 176 cm³/mol. The average molecular weight is 655 g/mol. The van der Waals surface area contributed by atoms with Crippen LogP contribution in [-0.4, -0.2) is 51.1 Å². The van der Waals surface area contributed by atoms with Gasteiger partial charge in [0.2, 0.25) is 5.88 Å². The number of ether oxygens (including phenoxy) is 1. The molecule has 0 atom stereocenters. The first-order valence-electron chi connectivity index (χ1n) is 15.0. The minimum absolute atomic E-state index is 0.117. The average Bonchev–Trinajstić information content (AvgIpc) is 3.52. The standard InChI is InChI=1S/C18H16FN3O2.C17H13ClFN3O/c1-10-13-7-12(19)8-14(11-3-4-15(24-2)21-9-11)17(13)22-6-5-20-18(23)16(10)22;1-9-12-6-11(19)7-13(10-2-3-14(18)21-8-10)16(12)22-5-4-20-17(23)15(9)22/h3-4,7-9H,5-6H2,1-2H3,(H,20,23);2-3,6-8H,4-5H2,1H3,(H,20,23). The summed E-state index contributed by atoms with van der Waals surface area (Å²) >= 11 is 5.84. The molecule has 0 spiro atoms. The molecule has 2 aliphatic rings. The van der Waals surface area contributed by atoms with E-state index in [9.17, 15) is 18.4 Å². The summed E-state index contributed by atoms with van der Waals surface area (Å²) in [6, 6.07) is 13.0. The van der Waals surface area contributed by atoms with Crippen LogP contribution in [0.2, 0.25) is 5.15 Å². The SMILES string of the molecule is COc1ccc(-c2cc(F)cc3c(C)c4n(c23)CCNC4=O)cn1.Cc1c2n(c3c(-c4ccc(Cl)nc4)cc(F)cc13)CCNC2=O. The van der Waals surface area contributed by atoms with Crippen molar-refractivity contribution >= 4 is 45.2 Å². The van der Waals surface area contributed by atoms with E-state index in [-0.39, 0.29) is 23.4 Å². The number of amides is 2. The Hall–Kier alpha value is -5.29. The van der Waals surface area contributed by atoms with E-state index in [1.165, 1.54) is 24.3 Å². The van der Waals surface area contributed by atoms with E-state index >= 15 is 0 Å². The van der Waals surface area contributed by atoms with Gasteiger partial charge in [0.15, 0.2) is 0 Å². The molecule has 2 amide bonds. The second-order valence-electron chi connectivity index (χ2n) is 11.4. The van der Waals surface area contributed by atoms with Crippen LogP contribution < -0.4 is 15.4 Å². The van der Waals surface area contributed by atoms with E-state index in [0.717, 1.165) is 49.6 Å². The van der Waals surface area contributed by atoms with Crippen LogP contribution in [-0.2, 0) is 13.1 Å². The number of aromatic nitrogens is 4. The van der Waals surface area contributed by atoms with Gasteiger partial charge < -0.3 is 24.5 Å². The van der Waals surface area contributed by atoms with Crippen LogP contribution >= 0.6 is 11.6 Å². The molecule has 238 valence electrons. The Morgan fingerprint density at radius 3 is 1.66 bits per heavy atom. The van der Waals surface area contributed by atoms with Gasteiger partial charge in [-0.1, -0.05) is 11.6 Å². The molecule has 0 fully saturated rings. The fourth-order valence-corrected chi connectivity index (χ4v) is 6.75. The molecule has 0 radical (unpaired) electrons. The lowest BCUT2D eigenvalue weighted by Crippen LogP contribution is -2.35. The second-order valence-corrected chi connectivity index (χ2v) is 11.8. The number of pyridine rings is 2. The maximum Gasteiger partial charge on any atom is 0.268 e. The quantitative estimate of drug-likeness (QED) is 0.214. The number of carbonyl (C=O) groups is 2. The highest BCUT2D eigenvalue weighted by atomic mass is 35.5. The number of nitrogens with zero attached hydrogens (tertiary/aromatic N) is 4. The molecule has 2 aromatic carbocycles. The lowest BCUT2D eigenvalue weighted by molar-refractivity contribution is 0.0920. The van der Waals surface area contributed by atoms with Gasteiger partial charge in [-0.15, -0.1) is 0 Å². The van der Waals surface area contributed by atoms with E-state index in [4.69, 9.17) is 16.3 Å². The molecule has 47 heavy (non-hydrogen) atoms. The molecule has 4 aromatic heterocycles. The van der Waals surface area contributed by atoms with Crippen molar-refractivity contribution < 1.29 is 23.1 Å². The highest BCUT2D eigenvalue weighted by molar-refractivity contribution is 6.29. The molecule has 2 N–H and O–H groups in total. The Morgan fingerprint density at radius 1 is 0.745 bits per heavy atom. The summed E-state index contributed by atoms with van der Waals surface area (Å²) in [7, 11) is 1.55. The summed E-state index contributed by atoms with van der Waals surface area (Å²) in [5.41, 5.74) is 7.51. The molecule has 12 heteroatoms. The number of rotatable bonds is 3. The van der Waals surface area contributed by atoms with Crippen LogP contribution in [0.25, 0.3) is 44.1 Å². The zero-order chi connectivity index (χ0) is 33.0. The molecule has 9 nitrogen and oxygen atoms in total. The summed E-state index contributed by atoms with van der Waals surface area (Å²) in [6.45, 7) is 6.15. The largest absolute Gasteiger partial charge is 0.481 e. The molecule has 0 unspecified atom stereocenters. The van der Waals surface area contributed by atoms with Gasteiger partial charge in [-0.2, -0.15) is 0 Å². The smallest absolute Gasteiger partial charge is 0.268 e. The zero-order valence-electron chi connectivity index (χ0n) is 25.7. The van der Waals surface area contributed by atoms with Gasteiger partial charge in [-0.3, -0.25) is 9.59 Å². The summed E-state index contributed by atoms with van der Waals surface area (Å²) in [4.78, 5) is 32.7. The lowest BCUT2D eigenvalue weighted by Gasteiger charge is -2.18. The number of hydrogen-bond donors (Lipinski definition) is 2. The molecule has 6 aromatic rings. The third-order valence-electron chi connectivity index (χ3n) is 8.71. The Morgan fingerprint density at radius 2 is 1.23 bits per heavy atom. The topological polar surface area (TPSA) is 103 Å². The second kappa shape index (κ2) is 11.8. The highest BCUT2D eigenvalue weighted by Gasteiger charge is 2.27. The molecule has 0 bridgehead atoms. The first kappa shape index (κ1) is 30.4. The van der Waals surface area contributed by atoms with Crippen LogP contribution in [0.5, 0.6) is 5.88 Å². The minimum Gasteiger partial charge on any atom is -0.481 e. The molecule has 0 saturated carbocycles. The van der Waals surface area contributed by atoms with Crippen LogP contribution in [0.1, 0.15) is 32.1 Å². The van der Waals surface area contributed by atoms with Crippen molar-refractivity contribution in [1.29, 1.82) is 0 Å². The van der Waals surface area contributed by atoms with Gasteiger partial charge in [0.1, 0.15) is 28.2 Å². The fraction of sp³-hybridized carbons (Fsp3) is 0.200. The number of halogens is 3. The van der Waals surface area contributed by atoms with Crippen LogP contribution in [0.15, 0.2) is 60.9 Å². The molecule has 0 aliphatic carbocycles. The van der Waals surface area contributed by atoms with Crippen molar-refractivity contribution in [3.05, 3.63) is 100 Å². The summed E-state index contributed by atoms with van der Waals surface area (Å²) < 4.78 is 37.4. The van der Waals surface area contributed by atoms with E-state index in [2.05, 4.69) is 20.6 Å². The van der Waals surface area contributed by atoms with Crippen LogP contribution in [0.4, 0.5) is 8.78 Å². The molecule has 0 saturated heterocycles.